The molecular weight excluding hydrogens is 374 g/mol. The van der Waals surface area contributed by atoms with Crippen LogP contribution in [0, 0.1) is 5.92 Å². The van der Waals surface area contributed by atoms with Crippen molar-refractivity contribution in [3.05, 3.63) is 54.4 Å². The standard InChI is InChI=1S/C20H19N5O4/c26-18-8-14(20(29)21-9-15-11-24(23-22-15)12-19(27)28)10-25(18)17-7-3-5-13-4-1-2-6-16(13)17/h1-7,11,14H,8-10,12H2,(H,21,29)(H,27,28). The van der Waals surface area contributed by atoms with Crippen LogP contribution in [0.1, 0.15) is 12.1 Å². The van der Waals surface area contributed by atoms with Crippen LogP contribution in [-0.2, 0) is 27.5 Å². The zero-order valence-electron chi connectivity index (χ0n) is 15.5. The van der Waals surface area contributed by atoms with Crippen LogP contribution < -0.4 is 10.2 Å². The first kappa shape index (κ1) is 18.6. The van der Waals surface area contributed by atoms with E-state index in [1.54, 1.807) is 4.90 Å². The maximum absolute atomic E-state index is 12.6. The topological polar surface area (TPSA) is 117 Å². The van der Waals surface area contributed by atoms with Crippen molar-refractivity contribution in [3.63, 3.8) is 0 Å². The molecule has 2 amide bonds. The zero-order valence-corrected chi connectivity index (χ0v) is 15.5. The van der Waals surface area contributed by atoms with E-state index in [-0.39, 0.29) is 31.3 Å². The normalized spacial score (nSPS) is 16.3. The van der Waals surface area contributed by atoms with Gasteiger partial charge in [0.1, 0.15) is 12.2 Å². The van der Waals surface area contributed by atoms with E-state index in [2.05, 4.69) is 15.6 Å². The average Bonchev–Trinajstić information content (AvgIpc) is 3.31. The molecule has 0 radical (unpaired) electrons. The summed E-state index contributed by atoms with van der Waals surface area (Å²) in [7, 11) is 0. The first-order valence-electron chi connectivity index (χ1n) is 9.18. The Morgan fingerprint density at radius 1 is 1.17 bits per heavy atom. The fraction of sp³-hybridized carbons (Fsp3) is 0.250. The number of benzene rings is 2. The highest BCUT2D eigenvalue weighted by atomic mass is 16.4. The number of anilines is 1. The van der Waals surface area contributed by atoms with E-state index in [1.165, 1.54) is 10.9 Å². The number of nitrogens with one attached hydrogen (secondary N) is 1. The third-order valence-corrected chi connectivity index (χ3v) is 4.88. The van der Waals surface area contributed by atoms with Crippen LogP contribution in [0.15, 0.2) is 48.7 Å². The summed E-state index contributed by atoms with van der Waals surface area (Å²) in [6, 6.07) is 13.6. The van der Waals surface area contributed by atoms with Gasteiger partial charge in [-0.25, -0.2) is 4.68 Å². The second kappa shape index (κ2) is 7.70. The smallest absolute Gasteiger partial charge is 0.325 e. The summed E-state index contributed by atoms with van der Waals surface area (Å²) in [4.78, 5) is 37.5. The Bertz CT molecular complexity index is 1090. The van der Waals surface area contributed by atoms with Crippen molar-refractivity contribution < 1.29 is 19.5 Å². The maximum atomic E-state index is 12.6. The molecule has 9 nitrogen and oxygen atoms in total. The van der Waals surface area contributed by atoms with Crippen LogP contribution in [0.25, 0.3) is 10.8 Å². The number of nitrogens with zero attached hydrogens (tertiary/aromatic N) is 4. The van der Waals surface area contributed by atoms with E-state index >= 15 is 0 Å². The van der Waals surface area contributed by atoms with Crippen molar-refractivity contribution >= 4 is 34.2 Å². The number of carboxylic acid groups (broad SMARTS) is 1. The second-order valence-electron chi connectivity index (χ2n) is 6.92. The number of amides is 2. The van der Waals surface area contributed by atoms with Crippen molar-refractivity contribution in [2.24, 2.45) is 5.92 Å². The summed E-state index contributed by atoms with van der Waals surface area (Å²) in [5.74, 6) is -1.82. The Hall–Kier alpha value is -3.75. The molecule has 0 bridgehead atoms. The first-order valence-corrected chi connectivity index (χ1v) is 9.18. The Morgan fingerprint density at radius 3 is 2.79 bits per heavy atom. The van der Waals surface area contributed by atoms with Gasteiger partial charge in [0.15, 0.2) is 0 Å². The van der Waals surface area contributed by atoms with Crippen LogP contribution >= 0.6 is 0 Å². The van der Waals surface area contributed by atoms with Gasteiger partial charge in [-0.2, -0.15) is 0 Å². The molecule has 2 heterocycles. The van der Waals surface area contributed by atoms with Gasteiger partial charge in [0.25, 0.3) is 0 Å². The molecule has 2 aromatic carbocycles. The van der Waals surface area contributed by atoms with Gasteiger partial charge < -0.3 is 15.3 Å². The molecule has 1 saturated heterocycles. The number of hydrogen-bond donors (Lipinski definition) is 2. The minimum Gasteiger partial charge on any atom is -0.480 e. The number of rotatable bonds is 6. The van der Waals surface area contributed by atoms with Crippen LogP contribution in [0.4, 0.5) is 5.69 Å². The Balaban J connectivity index is 1.41. The van der Waals surface area contributed by atoms with Gasteiger partial charge in [0, 0.05) is 18.4 Å². The van der Waals surface area contributed by atoms with E-state index in [0.717, 1.165) is 16.5 Å². The van der Waals surface area contributed by atoms with Crippen molar-refractivity contribution in [3.8, 4) is 0 Å². The zero-order chi connectivity index (χ0) is 20.4. The lowest BCUT2D eigenvalue weighted by Gasteiger charge is -2.19. The molecule has 2 N–H and O–H groups in total. The minimum absolute atomic E-state index is 0.0890. The number of aliphatic carboxylic acids is 1. The molecule has 1 fully saturated rings. The van der Waals surface area contributed by atoms with E-state index in [1.807, 2.05) is 42.5 Å². The fourth-order valence-electron chi connectivity index (χ4n) is 3.52. The largest absolute Gasteiger partial charge is 0.480 e. The molecule has 1 unspecified atom stereocenters. The molecule has 0 saturated carbocycles. The molecule has 3 aromatic rings. The van der Waals surface area contributed by atoms with Crippen molar-refractivity contribution in [2.45, 2.75) is 19.5 Å². The van der Waals surface area contributed by atoms with Gasteiger partial charge in [-0.05, 0) is 11.5 Å². The van der Waals surface area contributed by atoms with E-state index < -0.39 is 11.9 Å². The van der Waals surface area contributed by atoms with Crippen LogP contribution in [0.5, 0.6) is 0 Å². The highest BCUT2D eigenvalue weighted by molar-refractivity contribution is 6.06. The molecule has 4 rings (SSSR count). The number of hydrogen-bond acceptors (Lipinski definition) is 5. The molecule has 1 aliphatic rings. The number of aromatic nitrogens is 3. The Kier molecular flexibility index (Phi) is 4.94. The van der Waals surface area contributed by atoms with Gasteiger partial charge in [0.2, 0.25) is 11.8 Å². The minimum atomic E-state index is -1.02. The lowest BCUT2D eigenvalue weighted by atomic mass is 10.1. The molecule has 9 heteroatoms. The molecule has 0 spiro atoms. The van der Waals surface area contributed by atoms with E-state index in [9.17, 15) is 14.4 Å². The van der Waals surface area contributed by atoms with Crippen molar-refractivity contribution in [1.29, 1.82) is 0 Å². The molecule has 1 aromatic heterocycles. The van der Waals surface area contributed by atoms with Gasteiger partial charge >= 0.3 is 5.97 Å². The third kappa shape index (κ3) is 3.93. The van der Waals surface area contributed by atoms with E-state index in [0.29, 0.717) is 12.2 Å². The summed E-state index contributed by atoms with van der Waals surface area (Å²) in [6.07, 6.45) is 1.61. The molecule has 29 heavy (non-hydrogen) atoms. The molecule has 1 atom stereocenters. The fourth-order valence-corrected chi connectivity index (χ4v) is 3.52. The van der Waals surface area contributed by atoms with Crippen LogP contribution in [0.2, 0.25) is 0 Å². The lowest BCUT2D eigenvalue weighted by molar-refractivity contribution is -0.138. The van der Waals surface area contributed by atoms with Gasteiger partial charge in [0.05, 0.1) is 24.3 Å². The van der Waals surface area contributed by atoms with Crippen LogP contribution in [-0.4, -0.2) is 44.4 Å². The van der Waals surface area contributed by atoms with Crippen molar-refractivity contribution in [1.82, 2.24) is 20.3 Å². The number of fused-ring (bicyclic) bond motifs is 1. The number of carbonyl (C=O) groups excluding carboxylic acids is 2. The average molecular weight is 393 g/mol. The monoisotopic (exact) mass is 393 g/mol. The predicted octanol–water partition coefficient (Wildman–Crippen LogP) is 1.19. The molecule has 1 aliphatic heterocycles. The summed E-state index contributed by atoms with van der Waals surface area (Å²) >= 11 is 0. The Morgan fingerprint density at radius 2 is 1.97 bits per heavy atom. The van der Waals surface area contributed by atoms with Gasteiger partial charge in [-0.1, -0.05) is 41.6 Å². The third-order valence-electron chi connectivity index (χ3n) is 4.88. The Labute approximate surface area is 165 Å². The maximum Gasteiger partial charge on any atom is 0.325 e. The van der Waals surface area contributed by atoms with Crippen LogP contribution in [0.3, 0.4) is 0 Å². The number of carbonyl (C=O) groups is 3. The number of carboxylic acids is 1. The lowest BCUT2D eigenvalue weighted by Crippen LogP contribution is -2.32. The molecule has 148 valence electrons. The second-order valence-corrected chi connectivity index (χ2v) is 6.92. The highest BCUT2D eigenvalue weighted by Crippen LogP contribution is 2.31. The highest BCUT2D eigenvalue weighted by Gasteiger charge is 2.35. The van der Waals surface area contributed by atoms with E-state index in [4.69, 9.17) is 5.11 Å². The summed E-state index contributed by atoms with van der Waals surface area (Å²) in [5, 5.41) is 21.1. The quantitative estimate of drug-likeness (QED) is 0.650. The van der Waals surface area contributed by atoms with Gasteiger partial charge in [-0.3, -0.25) is 14.4 Å². The SMILES string of the molecule is O=C(O)Cn1cc(CNC(=O)C2CC(=O)N(c3cccc4ccccc34)C2)nn1. The summed E-state index contributed by atoms with van der Waals surface area (Å²) in [5.41, 5.74) is 1.26. The summed E-state index contributed by atoms with van der Waals surface area (Å²) in [6.45, 7) is 0.139. The molecular formula is C20H19N5O4. The summed E-state index contributed by atoms with van der Waals surface area (Å²) < 4.78 is 1.19. The molecule has 0 aliphatic carbocycles. The predicted molar refractivity (Wildman–Crippen MR) is 104 cm³/mol. The van der Waals surface area contributed by atoms with Crippen molar-refractivity contribution in [2.75, 3.05) is 11.4 Å². The van der Waals surface area contributed by atoms with Gasteiger partial charge in [-0.15, -0.1) is 5.10 Å². The first-order chi connectivity index (χ1) is 14.0.